The Balaban J connectivity index is 1.62. The van der Waals surface area contributed by atoms with Crippen LogP contribution in [0, 0.1) is 5.92 Å². The topological polar surface area (TPSA) is 69.7 Å². The van der Waals surface area contributed by atoms with E-state index >= 15 is 0 Å². The van der Waals surface area contributed by atoms with Gasteiger partial charge in [0.05, 0.1) is 0 Å². The van der Waals surface area contributed by atoms with Crippen molar-refractivity contribution in [3.05, 3.63) is 29.8 Å². The molecule has 6 nitrogen and oxygen atoms in total. The van der Waals surface area contributed by atoms with Crippen LogP contribution in [0.5, 0.6) is 0 Å². The van der Waals surface area contributed by atoms with Crippen molar-refractivity contribution in [2.24, 2.45) is 5.92 Å². The highest BCUT2D eigenvalue weighted by molar-refractivity contribution is 5.96. The molecule has 0 aromatic heterocycles. The van der Waals surface area contributed by atoms with Gasteiger partial charge in [-0.15, -0.1) is 0 Å². The van der Waals surface area contributed by atoms with Gasteiger partial charge in [0.15, 0.2) is 0 Å². The zero-order valence-electron chi connectivity index (χ0n) is 14.7. The smallest absolute Gasteiger partial charge is 0.253 e. The summed E-state index contributed by atoms with van der Waals surface area (Å²) in [5.74, 6) is 0.249. The van der Waals surface area contributed by atoms with E-state index in [0.717, 1.165) is 32.2 Å². The summed E-state index contributed by atoms with van der Waals surface area (Å²) >= 11 is 0. The molecule has 0 unspecified atom stereocenters. The maximum absolute atomic E-state index is 12.8. The molecule has 1 saturated carbocycles. The van der Waals surface area contributed by atoms with Gasteiger partial charge >= 0.3 is 0 Å². The van der Waals surface area contributed by atoms with Crippen molar-refractivity contribution in [1.29, 1.82) is 0 Å². The van der Waals surface area contributed by atoms with Crippen LogP contribution in [0.15, 0.2) is 24.3 Å². The molecule has 0 bridgehead atoms. The molecule has 0 radical (unpaired) electrons. The second-order valence-electron chi connectivity index (χ2n) is 6.86. The summed E-state index contributed by atoms with van der Waals surface area (Å²) in [4.78, 5) is 40.1. The average Bonchev–Trinajstić information content (AvgIpc) is 2.78. The van der Waals surface area contributed by atoms with E-state index in [9.17, 15) is 14.4 Å². The van der Waals surface area contributed by atoms with E-state index in [2.05, 4.69) is 5.32 Å². The number of rotatable bonds is 3. The number of hydrogen-bond acceptors (Lipinski definition) is 3. The first kappa shape index (κ1) is 17.5. The van der Waals surface area contributed by atoms with Crippen molar-refractivity contribution >= 4 is 23.4 Å². The fourth-order valence-corrected chi connectivity index (χ4v) is 3.37. The third-order valence-electron chi connectivity index (χ3n) is 4.98. The largest absolute Gasteiger partial charge is 0.341 e. The van der Waals surface area contributed by atoms with E-state index in [1.165, 1.54) is 6.92 Å². The maximum atomic E-state index is 12.8. The maximum Gasteiger partial charge on any atom is 0.253 e. The van der Waals surface area contributed by atoms with Gasteiger partial charge in [-0.2, -0.15) is 0 Å². The summed E-state index contributed by atoms with van der Waals surface area (Å²) in [5, 5.41) is 2.70. The average molecular weight is 343 g/mol. The minimum absolute atomic E-state index is 0.0508. The molecule has 6 heteroatoms. The monoisotopic (exact) mass is 343 g/mol. The van der Waals surface area contributed by atoms with Gasteiger partial charge in [0.2, 0.25) is 11.8 Å². The van der Waals surface area contributed by atoms with Crippen LogP contribution in [0.4, 0.5) is 5.69 Å². The van der Waals surface area contributed by atoms with E-state index < -0.39 is 0 Å². The molecule has 3 amide bonds. The van der Waals surface area contributed by atoms with Gasteiger partial charge in [0, 0.05) is 50.3 Å². The number of carbonyl (C=O) groups is 3. The lowest BCUT2D eigenvalue weighted by Gasteiger charge is -2.31. The second kappa shape index (κ2) is 7.68. The van der Waals surface area contributed by atoms with Crippen LogP contribution in [-0.2, 0) is 9.59 Å². The summed E-state index contributed by atoms with van der Waals surface area (Å²) in [6, 6.07) is 6.99. The summed E-state index contributed by atoms with van der Waals surface area (Å²) in [5.41, 5.74) is 1.18. The Bertz CT molecular complexity index is 670. The van der Waals surface area contributed by atoms with Crippen LogP contribution in [0.1, 0.15) is 43.0 Å². The van der Waals surface area contributed by atoms with Crippen molar-refractivity contribution in [3.63, 3.8) is 0 Å². The van der Waals surface area contributed by atoms with Gasteiger partial charge < -0.3 is 15.1 Å². The normalized spacial score (nSPS) is 18.3. The van der Waals surface area contributed by atoms with Crippen LogP contribution in [-0.4, -0.2) is 53.7 Å². The zero-order valence-corrected chi connectivity index (χ0v) is 14.7. The summed E-state index contributed by atoms with van der Waals surface area (Å²) in [7, 11) is 0. The first-order chi connectivity index (χ1) is 12.0. The number of nitrogens with zero attached hydrogens (tertiary/aromatic N) is 2. The molecule has 1 aliphatic heterocycles. The van der Waals surface area contributed by atoms with E-state index in [1.807, 2.05) is 4.90 Å². The van der Waals surface area contributed by atoms with Crippen molar-refractivity contribution in [3.8, 4) is 0 Å². The Hall–Kier alpha value is -2.37. The van der Waals surface area contributed by atoms with E-state index in [-0.39, 0.29) is 23.6 Å². The van der Waals surface area contributed by atoms with E-state index in [4.69, 9.17) is 0 Å². The highest BCUT2D eigenvalue weighted by Crippen LogP contribution is 2.28. The molecule has 1 aromatic rings. The molecule has 0 spiro atoms. The number of benzene rings is 1. The van der Waals surface area contributed by atoms with Crippen LogP contribution >= 0.6 is 0 Å². The molecule has 3 rings (SSSR count). The Morgan fingerprint density at radius 2 is 1.72 bits per heavy atom. The third-order valence-corrected chi connectivity index (χ3v) is 4.98. The fourth-order valence-electron chi connectivity index (χ4n) is 3.37. The minimum atomic E-state index is -0.162. The Morgan fingerprint density at radius 3 is 2.40 bits per heavy atom. The second-order valence-corrected chi connectivity index (χ2v) is 6.86. The van der Waals surface area contributed by atoms with E-state index in [1.54, 1.807) is 29.2 Å². The van der Waals surface area contributed by atoms with Gasteiger partial charge in [-0.1, -0.05) is 12.5 Å². The van der Waals surface area contributed by atoms with Crippen LogP contribution in [0.2, 0.25) is 0 Å². The summed E-state index contributed by atoms with van der Waals surface area (Å²) < 4.78 is 0. The van der Waals surface area contributed by atoms with Crippen molar-refractivity contribution < 1.29 is 14.4 Å². The number of carbonyl (C=O) groups excluding carboxylic acids is 3. The molecule has 134 valence electrons. The minimum Gasteiger partial charge on any atom is -0.341 e. The van der Waals surface area contributed by atoms with Crippen LogP contribution in [0.3, 0.4) is 0 Å². The van der Waals surface area contributed by atoms with Gasteiger partial charge in [-0.25, -0.2) is 0 Å². The third kappa shape index (κ3) is 4.18. The lowest BCUT2D eigenvalue weighted by atomic mass is 9.84. The standard InChI is InChI=1S/C19H25N3O3/c1-14(23)20-17-8-3-7-16(13-17)19(25)22-10-4-9-21(11-12-22)18(24)15-5-2-6-15/h3,7-8,13,15H,2,4-6,9-12H2,1H3,(H,20,23). The van der Waals surface area contributed by atoms with Crippen molar-refractivity contribution in [2.75, 3.05) is 31.5 Å². The highest BCUT2D eigenvalue weighted by Gasteiger charge is 2.31. The van der Waals surface area contributed by atoms with Crippen molar-refractivity contribution in [1.82, 2.24) is 9.80 Å². The number of hydrogen-bond donors (Lipinski definition) is 1. The molecule has 1 N–H and O–H groups in total. The molecular weight excluding hydrogens is 318 g/mol. The molecule has 0 atom stereocenters. The quantitative estimate of drug-likeness (QED) is 0.914. The number of anilines is 1. The fraction of sp³-hybridized carbons (Fsp3) is 0.526. The first-order valence-corrected chi connectivity index (χ1v) is 9.00. The first-order valence-electron chi connectivity index (χ1n) is 9.00. The molecule has 1 saturated heterocycles. The molecule has 2 aliphatic rings. The Labute approximate surface area is 148 Å². The summed E-state index contributed by atoms with van der Waals surface area (Å²) in [6.45, 7) is 3.98. The molecule has 1 aliphatic carbocycles. The van der Waals surface area contributed by atoms with Gasteiger partial charge in [0.25, 0.3) is 5.91 Å². The highest BCUT2D eigenvalue weighted by atomic mass is 16.2. The lowest BCUT2D eigenvalue weighted by molar-refractivity contribution is -0.138. The number of nitrogens with one attached hydrogen (secondary N) is 1. The van der Waals surface area contributed by atoms with Crippen LogP contribution < -0.4 is 5.32 Å². The molecular formula is C19H25N3O3. The van der Waals surface area contributed by atoms with Gasteiger partial charge in [-0.05, 0) is 37.5 Å². The molecule has 1 heterocycles. The molecule has 25 heavy (non-hydrogen) atoms. The summed E-state index contributed by atoms with van der Waals surface area (Å²) in [6.07, 6.45) is 3.97. The van der Waals surface area contributed by atoms with E-state index in [0.29, 0.717) is 30.9 Å². The predicted octanol–water partition coefficient (Wildman–Crippen LogP) is 2.12. The lowest BCUT2D eigenvalue weighted by Crippen LogP contribution is -2.41. The predicted molar refractivity (Wildman–Crippen MR) is 95.2 cm³/mol. The molecule has 1 aromatic carbocycles. The Morgan fingerprint density at radius 1 is 1.00 bits per heavy atom. The number of amides is 3. The molecule has 2 fully saturated rings. The SMILES string of the molecule is CC(=O)Nc1cccc(C(=O)N2CCCN(C(=O)C3CCC3)CC2)c1. The zero-order chi connectivity index (χ0) is 17.8. The Kier molecular flexibility index (Phi) is 5.36. The van der Waals surface area contributed by atoms with Crippen molar-refractivity contribution in [2.45, 2.75) is 32.6 Å². The van der Waals surface area contributed by atoms with Crippen LogP contribution in [0.25, 0.3) is 0 Å². The van der Waals surface area contributed by atoms with Gasteiger partial charge in [0.1, 0.15) is 0 Å². The van der Waals surface area contributed by atoms with Gasteiger partial charge in [-0.3, -0.25) is 14.4 Å².